The molecule has 0 nitrogen and oxygen atoms in total. The number of rotatable bonds is 9. The van der Waals surface area contributed by atoms with Crippen molar-refractivity contribution in [2.75, 3.05) is 0 Å². The van der Waals surface area contributed by atoms with Crippen molar-refractivity contribution in [3.8, 4) is 0 Å². The first-order valence-electron chi connectivity index (χ1n) is 14.2. The van der Waals surface area contributed by atoms with Crippen LogP contribution in [0.15, 0.2) is 0 Å². The molecule has 0 spiro atoms. The van der Waals surface area contributed by atoms with Gasteiger partial charge in [0.25, 0.3) is 0 Å². The Morgan fingerprint density at radius 1 is 0.655 bits per heavy atom. The van der Waals surface area contributed by atoms with E-state index in [1.165, 1.54) is 51.4 Å². The van der Waals surface area contributed by atoms with Crippen molar-refractivity contribution < 1.29 is 0 Å². The highest BCUT2D eigenvalue weighted by atomic mass is 14.4. The Labute approximate surface area is 186 Å². The fourth-order valence-corrected chi connectivity index (χ4v) is 7.08. The predicted octanol–water partition coefficient (Wildman–Crippen LogP) is 10.3. The van der Waals surface area contributed by atoms with Gasteiger partial charge in [0.2, 0.25) is 0 Å². The van der Waals surface area contributed by atoms with Gasteiger partial charge in [-0.05, 0) is 67.1 Å². The van der Waals surface area contributed by atoms with E-state index in [9.17, 15) is 0 Å². The summed E-state index contributed by atoms with van der Waals surface area (Å²) >= 11 is 0. The first kappa shape index (κ1) is 27.0. The molecule has 0 radical (unpaired) electrons. The third kappa shape index (κ3) is 8.95. The van der Waals surface area contributed by atoms with Crippen LogP contribution in [0.3, 0.4) is 0 Å². The van der Waals surface area contributed by atoms with Crippen LogP contribution in [-0.4, -0.2) is 0 Å². The minimum Gasteiger partial charge on any atom is -0.0683 e. The minimum absolute atomic E-state index is 0.980. The van der Waals surface area contributed by atoms with Crippen molar-refractivity contribution in [2.45, 2.75) is 145 Å². The van der Waals surface area contributed by atoms with Crippen LogP contribution in [0.4, 0.5) is 0 Å². The minimum atomic E-state index is 0.980. The fraction of sp³-hybridized carbons (Fsp3) is 1.00. The van der Waals surface area contributed by atoms with Gasteiger partial charge in [-0.15, -0.1) is 0 Å². The Bertz CT molecular complexity index is 358. The van der Waals surface area contributed by atoms with Crippen LogP contribution in [0.2, 0.25) is 0 Å². The summed E-state index contributed by atoms with van der Waals surface area (Å²) in [5.41, 5.74) is 0. The van der Waals surface area contributed by atoms with Crippen molar-refractivity contribution in [3.63, 3.8) is 0 Å². The molecule has 0 aromatic rings. The molecule has 3 aliphatic rings. The SMILES string of the molecule is CC.CC.CCCC1CC(CCC(C)CCC2CC3CCCCC3C2)CC1CC. The van der Waals surface area contributed by atoms with Crippen LogP contribution in [0.5, 0.6) is 0 Å². The van der Waals surface area contributed by atoms with Gasteiger partial charge < -0.3 is 0 Å². The molecular formula is C29H58. The average molecular weight is 407 g/mol. The lowest BCUT2D eigenvalue weighted by Crippen LogP contribution is -2.12. The maximum atomic E-state index is 2.55. The first-order valence-corrected chi connectivity index (χ1v) is 14.2. The van der Waals surface area contributed by atoms with Gasteiger partial charge in [-0.25, -0.2) is 0 Å². The molecule has 0 heterocycles. The van der Waals surface area contributed by atoms with Crippen LogP contribution >= 0.6 is 0 Å². The van der Waals surface area contributed by atoms with Crippen molar-refractivity contribution in [2.24, 2.45) is 41.4 Å². The molecule has 3 aliphatic carbocycles. The van der Waals surface area contributed by atoms with Gasteiger partial charge in [0.15, 0.2) is 0 Å². The molecule has 3 fully saturated rings. The van der Waals surface area contributed by atoms with Crippen LogP contribution in [-0.2, 0) is 0 Å². The summed E-state index contributed by atoms with van der Waals surface area (Å²) < 4.78 is 0. The van der Waals surface area contributed by atoms with Crippen molar-refractivity contribution in [1.82, 2.24) is 0 Å². The first-order chi connectivity index (χ1) is 14.2. The second-order valence-electron chi connectivity index (χ2n) is 10.5. The molecule has 0 bridgehead atoms. The topological polar surface area (TPSA) is 0 Å². The molecular weight excluding hydrogens is 348 g/mol. The molecule has 3 rings (SSSR count). The number of fused-ring (bicyclic) bond motifs is 1. The van der Waals surface area contributed by atoms with Gasteiger partial charge >= 0.3 is 0 Å². The van der Waals surface area contributed by atoms with Gasteiger partial charge in [0, 0.05) is 0 Å². The molecule has 174 valence electrons. The summed E-state index contributed by atoms with van der Waals surface area (Å²) in [6.45, 7) is 15.4. The van der Waals surface area contributed by atoms with E-state index < -0.39 is 0 Å². The Morgan fingerprint density at radius 2 is 1.14 bits per heavy atom. The molecule has 0 N–H and O–H groups in total. The highest BCUT2D eigenvalue weighted by Crippen LogP contribution is 2.47. The van der Waals surface area contributed by atoms with E-state index in [1.807, 2.05) is 27.7 Å². The summed E-state index contributed by atoms with van der Waals surface area (Å²) in [7, 11) is 0. The summed E-state index contributed by atoms with van der Waals surface area (Å²) in [4.78, 5) is 0. The molecule has 3 saturated carbocycles. The highest BCUT2D eigenvalue weighted by molar-refractivity contribution is 4.86. The average Bonchev–Trinajstić information content (AvgIpc) is 3.37. The smallest absolute Gasteiger partial charge is 0.0383 e. The molecule has 0 aromatic heterocycles. The Kier molecular flexibility index (Phi) is 14.7. The van der Waals surface area contributed by atoms with Crippen LogP contribution in [0.1, 0.15) is 145 Å². The molecule has 0 heteroatoms. The second kappa shape index (κ2) is 15.8. The molecule has 29 heavy (non-hydrogen) atoms. The van der Waals surface area contributed by atoms with Crippen molar-refractivity contribution >= 4 is 0 Å². The maximum absolute atomic E-state index is 2.55. The Balaban J connectivity index is 0.000000989. The lowest BCUT2D eigenvalue weighted by Gasteiger charge is -2.24. The maximum Gasteiger partial charge on any atom is -0.0383 e. The van der Waals surface area contributed by atoms with Gasteiger partial charge in [0.1, 0.15) is 0 Å². The molecule has 0 aliphatic heterocycles. The molecule has 6 atom stereocenters. The fourth-order valence-electron chi connectivity index (χ4n) is 7.08. The van der Waals surface area contributed by atoms with Gasteiger partial charge in [-0.1, -0.05) is 119 Å². The summed E-state index contributed by atoms with van der Waals surface area (Å²) in [5, 5.41) is 0. The van der Waals surface area contributed by atoms with E-state index >= 15 is 0 Å². The largest absolute Gasteiger partial charge is 0.0683 e. The normalized spacial score (nSPS) is 34.4. The summed E-state index contributed by atoms with van der Waals surface area (Å²) in [6.07, 6.45) is 22.9. The van der Waals surface area contributed by atoms with E-state index in [0.29, 0.717) is 0 Å². The molecule has 0 amide bonds. The zero-order valence-corrected chi connectivity index (χ0v) is 21.6. The van der Waals surface area contributed by atoms with Crippen LogP contribution < -0.4 is 0 Å². The Hall–Kier alpha value is 0. The summed E-state index contributed by atoms with van der Waals surface area (Å²) in [6, 6.07) is 0. The monoisotopic (exact) mass is 406 g/mol. The Morgan fingerprint density at radius 3 is 1.62 bits per heavy atom. The van der Waals surface area contributed by atoms with E-state index in [1.54, 1.807) is 44.9 Å². The van der Waals surface area contributed by atoms with Crippen molar-refractivity contribution in [3.05, 3.63) is 0 Å². The van der Waals surface area contributed by atoms with Crippen LogP contribution in [0, 0.1) is 41.4 Å². The lowest BCUT2D eigenvalue weighted by atomic mass is 9.82. The van der Waals surface area contributed by atoms with Gasteiger partial charge in [-0.3, -0.25) is 0 Å². The molecule has 0 aromatic carbocycles. The van der Waals surface area contributed by atoms with Crippen LogP contribution in [0.25, 0.3) is 0 Å². The zero-order chi connectivity index (χ0) is 21.6. The van der Waals surface area contributed by atoms with E-state index in [-0.39, 0.29) is 0 Å². The van der Waals surface area contributed by atoms with E-state index in [0.717, 1.165) is 41.4 Å². The highest BCUT2D eigenvalue weighted by Gasteiger charge is 2.35. The third-order valence-corrected chi connectivity index (χ3v) is 8.60. The number of hydrogen-bond acceptors (Lipinski definition) is 0. The zero-order valence-electron chi connectivity index (χ0n) is 21.6. The van der Waals surface area contributed by atoms with Gasteiger partial charge in [-0.2, -0.15) is 0 Å². The van der Waals surface area contributed by atoms with Gasteiger partial charge in [0.05, 0.1) is 0 Å². The van der Waals surface area contributed by atoms with E-state index in [2.05, 4.69) is 20.8 Å². The predicted molar refractivity (Wildman–Crippen MR) is 133 cm³/mol. The second-order valence-corrected chi connectivity index (χ2v) is 10.5. The standard InChI is InChI=1S/C25H46.2C2H6/c1-4-8-23-16-20(15-22(23)5-2)13-11-19(3)12-14-21-17-24-9-6-7-10-25(24)18-21;2*1-2/h19-25H,4-18H2,1-3H3;2*1-2H3. The van der Waals surface area contributed by atoms with E-state index in [4.69, 9.17) is 0 Å². The molecule has 0 saturated heterocycles. The molecule has 6 unspecified atom stereocenters. The quantitative estimate of drug-likeness (QED) is 0.357. The van der Waals surface area contributed by atoms with Crippen molar-refractivity contribution in [1.29, 1.82) is 0 Å². The lowest BCUT2D eigenvalue weighted by molar-refractivity contribution is 0.277. The summed E-state index contributed by atoms with van der Waals surface area (Å²) in [5.74, 6) is 7.54. The third-order valence-electron chi connectivity index (χ3n) is 8.60. The number of hydrogen-bond donors (Lipinski definition) is 0.